The Balaban J connectivity index is 0.00000118. The SMILES string of the molecule is [CH3-].[Cl][Ru+3].[NH-]C1CCCCC1[N-]S(=O)(=O)Cc1ccccc1-c1ccccc1. The average molecular weight is 494 g/mol. The Morgan fingerprint density at radius 3 is 2.26 bits per heavy atom. The molecule has 1 N–H and O–H groups in total. The van der Waals surface area contributed by atoms with E-state index in [1.807, 2.05) is 71.9 Å². The van der Waals surface area contributed by atoms with E-state index in [0.717, 1.165) is 36.0 Å². The summed E-state index contributed by atoms with van der Waals surface area (Å²) in [6.07, 6.45) is 3.40. The summed E-state index contributed by atoms with van der Waals surface area (Å²) in [5.74, 6) is -0.110. The van der Waals surface area contributed by atoms with Crippen molar-refractivity contribution >= 4 is 19.7 Å². The Bertz CT molecular complexity index is 788. The summed E-state index contributed by atoms with van der Waals surface area (Å²) in [5.41, 5.74) is 10.7. The van der Waals surface area contributed by atoms with Gasteiger partial charge in [0.25, 0.3) is 0 Å². The molecule has 1 saturated carbocycles. The molecule has 1 aliphatic carbocycles. The Labute approximate surface area is 177 Å². The van der Waals surface area contributed by atoms with Gasteiger partial charge < -0.3 is 17.9 Å². The number of nitrogens with zero attached hydrogens (tertiary/aromatic N) is 1. The zero-order chi connectivity index (χ0) is 19.0. The molecule has 0 spiro atoms. The molecule has 1 fully saturated rings. The fourth-order valence-electron chi connectivity index (χ4n) is 3.22. The smallest absolute Gasteiger partial charge is 0.0765 e. The van der Waals surface area contributed by atoms with Crippen molar-refractivity contribution in [3.8, 4) is 11.1 Å². The number of hydrogen-bond donors (Lipinski definition) is 0. The largest absolute Gasteiger partial charge is 0.676 e. The second kappa shape index (κ2) is 11.9. The molecule has 2 aromatic rings. The van der Waals surface area contributed by atoms with Crippen LogP contribution in [-0.4, -0.2) is 20.5 Å². The van der Waals surface area contributed by atoms with Crippen LogP contribution in [0, 0.1) is 7.43 Å². The van der Waals surface area contributed by atoms with Gasteiger partial charge in [0.15, 0.2) is 0 Å². The van der Waals surface area contributed by atoms with Gasteiger partial charge in [-0.1, -0.05) is 80.3 Å². The van der Waals surface area contributed by atoms with Crippen LogP contribution in [0.15, 0.2) is 54.6 Å². The van der Waals surface area contributed by atoms with Crippen molar-refractivity contribution in [3.05, 3.63) is 78.0 Å². The first-order valence-electron chi connectivity index (χ1n) is 8.48. The van der Waals surface area contributed by atoms with Crippen LogP contribution in [0.25, 0.3) is 21.6 Å². The molecule has 4 nitrogen and oxygen atoms in total. The van der Waals surface area contributed by atoms with Crippen LogP contribution in [-0.2, 0) is 33.1 Å². The molecule has 0 saturated heterocycles. The van der Waals surface area contributed by atoms with Crippen molar-refractivity contribution in [1.82, 2.24) is 0 Å². The molecule has 2 unspecified atom stereocenters. The van der Waals surface area contributed by atoms with Crippen molar-refractivity contribution < 1.29 is 25.7 Å². The summed E-state index contributed by atoms with van der Waals surface area (Å²) >= 11 is 1.82. The van der Waals surface area contributed by atoms with Crippen molar-refractivity contribution in [3.63, 3.8) is 0 Å². The van der Waals surface area contributed by atoms with E-state index in [1.54, 1.807) is 0 Å². The quantitative estimate of drug-likeness (QED) is 0.375. The second-order valence-electron chi connectivity index (χ2n) is 6.31. The van der Waals surface area contributed by atoms with Gasteiger partial charge in [0, 0.05) is 0 Å². The topological polar surface area (TPSA) is 72.0 Å². The van der Waals surface area contributed by atoms with Crippen LogP contribution in [0.5, 0.6) is 0 Å². The monoisotopic (exact) mass is 494 g/mol. The molecular weight excluding hydrogens is 469 g/mol. The van der Waals surface area contributed by atoms with E-state index in [1.165, 1.54) is 0 Å². The zero-order valence-corrected chi connectivity index (χ0v) is 18.6. The maximum absolute atomic E-state index is 12.5. The molecule has 0 bridgehead atoms. The molecule has 1 aliphatic rings. The van der Waals surface area contributed by atoms with Gasteiger partial charge in [0.05, 0.1) is 15.8 Å². The van der Waals surface area contributed by atoms with E-state index < -0.39 is 16.1 Å². The predicted molar refractivity (Wildman–Crippen MR) is 110 cm³/mol. The van der Waals surface area contributed by atoms with E-state index in [4.69, 9.17) is 5.73 Å². The molecule has 0 heterocycles. The van der Waals surface area contributed by atoms with E-state index >= 15 is 0 Å². The van der Waals surface area contributed by atoms with Crippen molar-refractivity contribution in [1.29, 1.82) is 0 Å². The average Bonchev–Trinajstić information content (AvgIpc) is 2.66. The first kappa shape index (κ1) is 24.3. The van der Waals surface area contributed by atoms with Gasteiger partial charge in [-0.3, -0.25) is 0 Å². The molecule has 27 heavy (non-hydrogen) atoms. The molecule has 0 aromatic heterocycles. The van der Waals surface area contributed by atoms with Crippen LogP contribution in [0.4, 0.5) is 0 Å². The van der Waals surface area contributed by atoms with Gasteiger partial charge in [-0.25, -0.2) is 8.42 Å². The van der Waals surface area contributed by atoms with Gasteiger partial charge in [-0.2, -0.15) is 6.04 Å². The Kier molecular flexibility index (Phi) is 10.7. The van der Waals surface area contributed by atoms with Gasteiger partial charge >= 0.3 is 27.0 Å². The molecule has 2 atom stereocenters. The maximum Gasteiger partial charge on any atom is 0.0765 e. The minimum Gasteiger partial charge on any atom is -0.676 e. The van der Waals surface area contributed by atoms with Crippen LogP contribution >= 0.6 is 9.69 Å². The molecule has 7 heteroatoms. The number of hydrogen-bond acceptors (Lipinski definition) is 2. The first-order chi connectivity index (χ1) is 12.6. The maximum atomic E-state index is 12.5. The summed E-state index contributed by atoms with van der Waals surface area (Å²) in [7, 11) is 0.976. The molecule has 148 valence electrons. The summed E-state index contributed by atoms with van der Waals surface area (Å²) in [5, 5.41) is 0. The third kappa shape index (κ3) is 7.28. The Hall–Kier alpha value is -0.777. The zero-order valence-electron chi connectivity index (χ0n) is 15.3. The molecular formula is C20H25ClN2O2RuS. The van der Waals surface area contributed by atoms with Crippen LogP contribution in [0.1, 0.15) is 31.2 Å². The van der Waals surface area contributed by atoms with Crippen molar-refractivity contribution in [2.45, 2.75) is 43.5 Å². The number of halogens is 1. The Morgan fingerprint density at radius 2 is 1.59 bits per heavy atom. The molecule has 3 rings (SSSR count). The third-order valence-electron chi connectivity index (χ3n) is 4.47. The Morgan fingerprint density at radius 1 is 1.00 bits per heavy atom. The molecule has 0 aliphatic heterocycles. The minimum absolute atomic E-state index is 0. The van der Waals surface area contributed by atoms with Crippen LogP contribution in [0.2, 0.25) is 0 Å². The molecule has 2 aromatic carbocycles. The molecule has 0 radical (unpaired) electrons. The standard InChI is InChI=1S/C19H22N2O2S.CH3.ClH.Ru/c20-18-12-6-7-13-19(18)21-24(22,23)14-16-10-4-5-11-17(16)15-8-2-1-3-9-15;;;/h1-5,8-11,18-20H,6-7,12-14H2;1H3;1H;/q-2;-1;;+4/p-1. The summed E-state index contributed by atoms with van der Waals surface area (Å²) in [4.78, 5) is 0. The second-order valence-corrected chi connectivity index (χ2v) is 7.98. The van der Waals surface area contributed by atoms with Crippen molar-refractivity contribution in [2.75, 3.05) is 0 Å². The fraction of sp³-hybridized carbons (Fsp3) is 0.350. The van der Waals surface area contributed by atoms with Gasteiger partial charge in [0.1, 0.15) is 0 Å². The van der Waals surface area contributed by atoms with Crippen molar-refractivity contribution in [2.24, 2.45) is 0 Å². The van der Waals surface area contributed by atoms with Crippen LogP contribution < -0.4 is 0 Å². The summed E-state index contributed by atoms with van der Waals surface area (Å²) in [6, 6.07) is 16.5. The van der Waals surface area contributed by atoms with Gasteiger partial charge in [-0.05, 0) is 16.7 Å². The summed E-state index contributed by atoms with van der Waals surface area (Å²) in [6.45, 7) is 0. The van der Waals surface area contributed by atoms with E-state index in [2.05, 4.69) is 14.4 Å². The third-order valence-corrected chi connectivity index (χ3v) is 5.73. The number of nitrogens with one attached hydrogen (secondary N) is 1. The molecule has 0 amide bonds. The van der Waals surface area contributed by atoms with E-state index in [-0.39, 0.29) is 19.2 Å². The first-order valence-corrected chi connectivity index (χ1v) is 12.3. The fourth-order valence-corrected chi connectivity index (χ4v) is 4.61. The van der Waals surface area contributed by atoms with E-state index in [0.29, 0.717) is 6.42 Å². The number of rotatable bonds is 5. The minimum atomic E-state index is -3.59. The normalized spacial score (nSPS) is 19.3. The van der Waals surface area contributed by atoms with Crippen LogP contribution in [0.3, 0.4) is 0 Å². The number of benzene rings is 2. The van der Waals surface area contributed by atoms with Gasteiger partial charge in [0.2, 0.25) is 0 Å². The van der Waals surface area contributed by atoms with E-state index in [9.17, 15) is 8.42 Å². The predicted octanol–water partition coefficient (Wildman–Crippen LogP) is 6.06. The van der Waals surface area contributed by atoms with Gasteiger partial charge in [-0.15, -0.1) is 6.04 Å². The number of sulfonamides is 1. The summed E-state index contributed by atoms with van der Waals surface area (Å²) < 4.78 is 29.2.